The van der Waals surface area contributed by atoms with Gasteiger partial charge in [-0.3, -0.25) is 9.59 Å². The van der Waals surface area contributed by atoms with E-state index in [0.717, 1.165) is 0 Å². The molecule has 3 aromatic carbocycles. The van der Waals surface area contributed by atoms with Crippen molar-refractivity contribution in [2.24, 2.45) is 21.7 Å². The lowest BCUT2D eigenvalue weighted by Crippen LogP contribution is -2.25. The number of fused-ring (bicyclic) bond motifs is 2. The van der Waals surface area contributed by atoms with Crippen molar-refractivity contribution >= 4 is 34.5 Å². The van der Waals surface area contributed by atoms with E-state index in [-0.39, 0.29) is 45.0 Å². The van der Waals surface area contributed by atoms with Crippen LogP contribution in [0.3, 0.4) is 0 Å². The Kier molecular flexibility index (Phi) is 8.75. The lowest BCUT2D eigenvalue weighted by molar-refractivity contribution is 0.0697. The maximum atomic E-state index is 13.1. The molecular weight excluding hydrogens is 578 g/mol. The Labute approximate surface area is 256 Å². The Morgan fingerprint density at radius 3 is 2.40 bits per heavy atom. The Morgan fingerprint density at radius 1 is 0.911 bits per heavy atom. The normalized spacial score (nSPS) is 11.9. The maximum Gasteiger partial charge on any atom is 0.336 e. The fourth-order valence-electron chi connectivity index (χ4n) is 4.71. The van der Waals surface area contributed by atoms with E-state index in [0.29, 0.717) is 53.2 Å². The molecule has 1 aliphatic carbocycles. The number of benzene rings is 4. The first-order chi connectivity index (χ1) is 21.6. The number of nitrogens with zero attached hydrogens (tertiary/aromatic N) is 2. The van der Waals surface area contributed by atoms with Gasteiger partial charge in [-0.1, -0.05) is 0 Å². The third kappa shape index (κ3) is 6.91. The van der Waals surface area contributed by atoms with Crippen LogP contribution in [0.5, 0.6) is 11.5 Å². The Balaban J connectivity index is 1.32. The van der Waals surface area contributed by atoms with Gasteiger partial charge in [-0.25, -0.2) is 4.79 Å². The molecular formula is C33H29N5O7. The fraction of sp³-hybridized carbons (Fsp3) is 0.121. The van der Waals surface area contributed by atoms with E-state index in [2.05, 4.69) is 15.5 Å². The molecule has 3 aromatic rings. The van der Waals surface area contributed by atoms with E-state index in [1.165, 1.54) is 42.5 Å². The van der Waals surface area contributed by atoms with E-state index < -0.39 is 11.9 Å². The third-order valence-electron chi connectivity index (χ3n) is 6.80. The summed E-state index contributed by atoms with van der Waals surface area (Å²) in [7, 11) is 0. The highest BCUT2D eigenvalue weighted by atomic mass is 16.5. The summed E-state index contributed by atoms with van der Waals surface area (Å²) in [6, 6.07) is 19.9. The lowest BCUT2D eigenvalue weighted by Gasteiger charge is -2.17. The summed E-state index contributed by atoms with van der Waals surface area (Å²) in [5.74, 6) is -0.341. The van der Waals surface area contributed by atoms with Crippen molar-refractivity contribution in [1.29, 1.82) is 0 Å². The van der Waals surface area contributed by atoms with Gasteiger partial charge in [0.05, 0.1) is 12.2 Å². The molecule has 0 unspecified atom stereocenters. The maximum absolute atomic E-state index is 13.1. The highest BCUT2D eigenvalue weighted by Crippen LogP contribution is 2.42. The van der Waals surface area contributed by atoms with Gasteiger partial charge in [0.2, 0.25) is 0 Å². The number of phenolic OH excluding ortho intramolecular Hbond substituents is 1. The first-order valence-electron chi connectivity index (χ1n) is 13.8. The molecule has 0 saturated carbocycles. The number of aromatic carboxylic acids is 1. The number of carbonyl (C=O) groups excluding carboxylic acids is 1. The number of ether oxygens (including phenoxy) is 1. The summed E-state index contributed by atoms with van der Waals surface area (Å²) in [6.07, 6.45) is 0.498. The molecule has 0 atom stereocenters. The van der Waals surface area contributed by atoms with Gasteiger partial charge in [0.15, 0.2) is 11.3 Å². The summed E-state index contributed by atoms with van der Waals surface area (Å²) < 4.78 is 11.6. The van der Waals surface area contributed by atoms with Crippen molar-refractivity contribution in [1.82, 2.24) is 5.32 Å². The first-order valence-corrected chi connectivity index (χ1v) is 13.8. The summed E-state index contributed by atoms with van der Waals surface area (Å²) in [4.78, 5) is 37.5. The topological polar surface area (TPSA) is 203 Å². The van der Waals surface area contributed by atoms with Crippen LogP contribution in [-0.4, -0.2) is 46.9 Å². The van der Waals surface area contributed by atoms with Crippen LogP contribution in [0.15, 0.2) is 98.3 Å². The highest BCUT2D eigenvalue weighted by molar-refractivity contribution is 6.09. The zero-order valence-corrected chi connectivity index (χ0v) is 24.1. The van der Waals surface area contributed by atoms with Gasteiger partial charge in [0.25, 0.3) is 5.91 Å². The van der Waals surface area contributed by atoms with Crippen LogP contribution in [0.4, 0.5) is 0 Å². The van der Waals surface area contributed by atoms with Gasteiger partial charge in [-0.05, 0) is 85.6 Å². The Hall–Kier alpha value is -6.17. The molecule has 45 heavy (non-hydrogen) atoms. The Bertz CT molecular complexity index is 1990. The number of carbonyl (C=O) groups is 2. The number of amidine groups is 2. The second-order valence-electron chi connectivity index (χ2n) is 10.1. The summed E-state index contributed by atoms with van der Waals surface area (Å²) in [6.45, 7) is 2.22. The number of nitrogens with one attached hydrogen (secondary N) is 1. The minimum atomic E-state index is -1.20. The van der Waals surface area contributed by atoms with Crippen LogP contribution in [0.25, 0.3) is 33.4 Å². The molecule has 0 spiro atoms. The largest absolute Gasteiger partial charge is 0.508 e. The number of carboxylic acid groups (broad SMARTS) is 1. The van der Waals surface area contributed by atoms with Gasteiger partial charge in [-0.15, -0.1) is 10.2 Å². The van der Waals surface area contributed by atoms with Gasteiger partial charge in [0, 0.05) is 46.3 Å². The molecule has 2 aliphatic rings. The number of hydrogen-bond donors (Lipinski definition) is 5. The number of aromatic hydroxyl groups is 1. The molecule has 1 heterocycles. The van der Waals surface area contributed by atoms with E-state index in [1.807, 2.05) is 0 Å². The molecule has 0 fully saturated rings. The second-order valence-corrected chi connectivity index (χ2v) is 10.1. The zero-order valence-electron chi connectivity index (χ0n) is 24.1. The number of amides is 1. The molecule has 1 aliphatic heterocycles. The molecule has 0 aromatic heterocycles. The smallest absolute Gasteiger partial charge is 0.336 e. The van der Waals surface area contributed by atoms with E-state index in [9.17, 15) is 24.6 Å². The van der Waals surface area contributed by atoms with Crippen molar-refractivity contribution < 1.29 is 29.0 Å². The highest BCUT2D eigenvalue weighted by Gasteiger charge is 2.23. The van der Waals surface area contributed by atoms with Crippen molar-refractivity contribution in [2.45, 2.75) is 13.3 Å². The molecule has 228 valence electrons. The quantitative estimate of drug-likeness (QED) is 0.0508. The molecule has 5 rings (SSSR count). The standard InChI is InChI=1S/C33H29N5O7/c1-18(34)37-38-31(35)19-3-8-23(9-4-19)44-14-2-13-36-32(41)20-5-10-24(33(42)43)27(15-20)30-25-11-6-21(39)16-28(25)45-29-17-22(40)7-12-26(29)30/h3-12,15-17,39H,2,13-14H2,1H3,(H2,34,37)(H2,35,38)(H,36,41)(H,42,43). The van der Waals surface area contributed by atoms with Crippen LogP contribution in [0.1, 0.15) is 39.6 Å². The number of hydrogen-bond acceptors (Lipinski definition) is 8. The second kappa shape index (κ2) is 13.0. The average molecular weight is 608 g/mol. The summed E-state index contributed by atoms with van der Waals surface area (Å²) in [5, 5.41) is 31.0. The number of nitrogens with two attached hydrogens (primary N) is 2. The predicted molar refractivity (Wildman–Crippen MR) is 170 cm³/mol. The van der Waals surface area contributed by atoms with Crippen LogP contribution in [0.2, 0.25) is 0 Å². The number of carboxylic acids is 1. The molecule has 12 nitrogen and oxygen atoms in total. The molecule has 7 N–H and O–H groups in total. The predicted octanol–water partition coefficient (Wildman–Crippen LogP) is 4.16. The molecule has 0 saturated heterocycles. The van der Waals surface area contributed by atoms with Crippen LogP contribution < -0.4 is 26.9 Å². The summed E-state index contributed by atoms with van der Waals surface area (Å²) in [5.41, 5.74) is 13.3. The lowest BCUT2D eigenvalue weighted by atomic mass is 9.89. The minimum absolute atomic E-state index is 0.0470. The molecule has 0 radical (unpaired) electrons. The third-order valence-corrected chi connectivity index (χ3v) is 6.80. The van der Waals surface area contributed by atoms with Gasteiger partial charge in [0.1, 0.15) is 28.7 Å². The minimum Gasteiger partial charge on any atom is -0.508 e. The Morgan fingerprint density at radius 2 is 1.67 bits per heavy atom. The van der Waals surface area contributed by atoms with E-state index in [1.54, 1.807) is 43.3 Å². The first kappa shape index (κ1) is 30.3. The SMILES string of the molecule is C/C(N)=N/N=C(\N)c1ccc(OCCCNC(=O)c2ccc(C(=O)O)c(-c3c4ccc(=O)cc-4oc4cc(O)ccc34)c2)cc1. The van der Waals surface area contributed by atoms with Gasteiger partial charge < -0.3 is 36.2 Å². The van der Waals surface area contributed by atoms with Gasteiger partial charge >= 0.3 is 5.97 Å². The van der Waals surface area contributed by atoms with E-state index >= 15 is 0 Å². The van der Waals surface area contributed by atoms with Gasteiger partial charge in [-0.2, -0.15) is 0 Å². The van der Waals surface area contributed by atoms with Crippen LogP contribution >= 0.6 is 0 Å². The fourth-order valence-corrected chi connectivity index (χ4v) is 4.71. The zero-order chi connectivity index (χ0) is 32.1. The number of rotatable bonds is 10. The molecule has 1 amide bonds. The summed E-state index contributed by atoms with van der Waals surface area (Å²) >= 11 is 0. The molecule has 12 heteroatoms. The molecule has 0 bridgehead atoms. The number of phenols is 1. The van der Waals surface area contributed by atoms with Crippen molar-refractivity contribution in [3.8, 4) is 33.9 Å². The van der Waals surface area contributed by atoms with Crippen molar-refractivity contribution in [2.75, 3.05) is 13.2 Å². The van der Waals surface area contributed by atoms with Crippen LogP contribution in [0, 0.1) is 0 Å². The van der Waals surface area contributed by atoms with E-state index in [4.69, 9.17) is 20.6 Å². The van der Waals surface area contributed by atoms with Crippen molar-refractivity contribution in [3.63, 3.8) is 0 Å². The monoisotopic (exact) mass is 607 g/mol. The van der Waals surface area contributed by atoms with Crippen LogP contribution in [-0.2, 0) is 0 Å². The van der Waals surface area contributed by atoms with Crippen molar-refractivity contribution in [3.05, 3.63) is 106 Å². The average Bonchev–Trinajstić information content (AvgIpc) is 3.02.